The third-order valence-corrected chi connectivity index (χ3v) is 10.5. The topological polar surface area (TPSA) is 23.0 Å². The average molecular weight is 651 g/mol. The van der Waals surface area contributed by atoms with Gasteiger partial charge in [-0.1, -0.05) is 127 Å². The molecule has 51 heavy (non-hydrogen) atoms. The fraction of sp³-hybridized carbons (Fsp3) is 0. The summed E-state index contributed by atoms with van der Waals surface area (Å²) in [6.07, 6.45) is 0. The molecule has 0 spiro atoms. The van der Waals surface area contributed by atoms with Gasteiger partial charge >= 0.3 is 0 Å². The Balaban J connectivity index is 1.36. The highest BCUT2D eigenvalue weighted by Crippen LogP contribution is 2.48. The van der Waals surface area contributed by atoms with E-state index in [0.29, 0.717) is 0 Å². The lowest BCUT2D eigenvalue weighted by Gasteiger charge is -2.18. The molecule has 0 aliphatic rings. The molecule has 3 nitrogen and oxygen atoms in total. The van der Waals surface area contributed by atoms with Crippen LogP contribution in [0.4, 0.5) is 0 Å². The standard InChI is InChI=1S/C48H30N2O/c1-3-14-32(15-4-1)49-42-23-10-7-18-35(42)38-21-13-22-40(47(38)49)46-34(31-26-29-45-41(30-31)37-20-9-12-25-44(37)51-45)27-28-39-36-19-8-11-24-43(36)50(48(39)46)33-16-5-2-6-17-33/h1-30H. The van der Waals surface area contributed by atoms with Crippen LogP contribution in [0, 0.1) is 0 Å². The van der Waals surface area contributed by atoms with Crippen LogP contribution in [0.15, 0.2) is 186 Å². The van der Waals surface area contributed by atoms with Crippen molar-refractivity contribution in [1.82, 2.24) is 9.13 Å². The summed E-state index contributed by atoms with van der Waals surface area (Å²) >= 11 is 0. The first-order chi connectivity index (χ1) is 25.3. The summed E-state index contributed by atoms with van der Waals surface area (Å²) < 4.78 is 11.2. The first kappa shape index (κ1) is 28.0. The maximum Gasteiger partial charge on any atom is 0.135 e. The zero-order chi connectivity index (χ0) is 33.5. The Bertz CT molecular complexity index is 3130. The minimum Gasteiger partial charge on any atom is -0.456 e. The van der Waals surface area contributed by atoms with Gasteiger partial charge in [0.05, 0.1) is 22.1 Å². The highest BCUT2D eigenvalue weighted by atomic mass is 16.3. The van der Waals surface area contributed by atoms with E-state index in [0.717, 1.165) is 38.9 Å². The fourth-order valence-electron chi connectivity index (χ4n) is 8.38. The number of aromatic nitrogens is 2. The van der Waals surface area contributed by atoms with Crippen LogP contribution in [0.25, 0.3) is 99.2 Å². The van der Waals surface area contributed by atoms with Crippen molar-refractivity contribution < 1.29 is 4.42 Å². The molecule has 0 N–H and O–H groups in total. The fourth-order valence-corrected chi connectivity index (χ4v) is 8.38. The normalized spacial score (nSPS) is 11.9. The number of fused-ring (bicyclic) bond motifs is 9. The first-order valence-electron chi connectivity index (χ1n) is 17.4. The van der Waals surface area contributed by atoms with Crippen LogP contribution in [0.5, 0.6) is 0 Å². The molecule has 8 aromatic carbocycles. The Morgan fingerprint density at radius 1 is 0.333 bits per heavy atom. The van der Waals surface area contributed by atoms with Crippen molar-refractivity contribution in [3.8, 4) is 33.6 Å². The predicted octanol–water partition coefficient (Wildman–Crippen LogP) is 13.1. The number of para-hydroxylation sites is 6. The van der Waals surface area contributed by atoms with Crippen LogP contribution < -0.4 is 0 Å². The Morgan fingerprint density at radius 3 is 1.59 bits per heavy atom. The van der Waals surface area contributed by atoms with Crippen LogP contribution in [-0.2, 0) is 0 Å². The monoisotopic (exact) mass is 650 g/mol. The van der Waals surface area contributed by atoms with Gasteiger partial charge in [0.2, 0.25) is 0 Å². The Morgan fingerprint density at radius 2 is 0.882 bits per heavy atom. The summed E-state index contributed by atoms with van der Waals surface area (Å²) in [4.78, 5) is 0. The maximum atomic E-state index is 6.29. The highest BCUT2D eigenvalue weighted by Gasteiger charge is 2.24. The lowest BCUT2D eigenvalue weighted by atomic mass is 9.90. The lowest BCUT2D eigenvalue weighted by Crippen LogP contribution is -1.99. The van der Waals surface area contributed by atoms with Crippen molar-refractivity contribution in [2.45, 2.75) is 0 Å². The summed E-state index contributed by atoms with van der Waals surface area (Å²) in [5.41, 5.74) is 13.5. The van der Waals surface area contributed by atoms with Gasteiger partial charge < -0.3 is 13.6 Å². The largest absolute Gasteiger partial charge is 0.456 e. The van der Waals surface area contributed by atoms with E-state index in [2.05, 4.69) is 179 Å². The average Bonchev–Trinajstić information content (AvgIpc) is 3.86. The van der Waals surface area contributed by atoms with Gasteiger partial charge in [-0.25, -0.2) is 0 Å². The van der Waals surface area contributed by atoms with Gasteiger partial charge in [0.15, 0.2) is 0 Å². The van der Waals surface area contributed by atoms with Crippen LogP contribution in [-0.4, -0.2) is 9.13 Å². The van der Waals surface area contributed by atoms with Crippen molar-refractivity contribution in [1.29, 1.82) is 0 Å². The second-order valence-corrected chi connectivity index (χ2v) is 13.3. The molecular weight excluding hydrogens is 621 g/mol. The van der Waals surface area contributed by atoms with Crippen molar-refractivity contribution in [3.63, 3.8) is 0 Å². The molecule has 0 amide bonds. The third-order valence-electron chi connectivity index (χ3n) is 10.5. The zero-order valence-electron chi connectivity index (χ0n) is 27.6. The summed E-state index contributed by atoms with van der Waals surface area (Å²) in [6, 6.07) is 65.6. The molecule has 11 aromatic rings. The molecule has 0 fully saturated rings. The van der Waals surface area contributed by atoms with Crippen molar-refractivity contribution in [3.05, 3.63) is 182 Å². The van der Waals surface area contributed by atoms with Crippen molar-refractivity contribution in [2.75, 3.05) is 0 Å². The third kappa shape index (κ3) is 4.06. The van der Waals surface area contributed by atoms with Gasteiger partial charge in [-0.15, -0.1) is 0 Å². The van der Waals surface area contributed by atoms with Gasteiger partial charge in [-0.2, -0.15) is 0 Å². The van der Waals surface area contributed by atoms with E-state index in [9.17, 15) is 0 Å². The molecule has 0 bridgehead atoms. The Labute approximate surface area is 293 Å². The second kappa shape index (κ2) is 10.8. The Kier molecular flexibility index (Phi) is 5.96. The van der Waals surface area contributed by atoms with E-state index in [1.165, 1.54) is 60.3 Å². The zero-order valence-corrected chi connectivity index (χ0v) is 27.6. The van der Waals surface area contributed by atoms with Gasteiger partial charge in [0.1, 0.15) is 11.2 Å². The molecular formula is C48H30N2O. The van der Waals surface area contributed by atoms with Crippen LogP contribution in [0.1, 0.15) is 0 Å². The van der Waals surface area contributed by atoms with Crippen LogP contribution >= 0.6 is 0 Å². The SMILES string of the molecule is c1ccc(-n2c3ccccc3c3cccc(-c4c(-c5ccc6oc7ccccc7c6c5)ccc5c6ccccc6n(-c6ccccc6)c45)c32)cc1. The molecule has 0 radical (unpaired) electrons. The molecule has 0 saturated carbocycles. The Hall–Kier alpha value is -6.84. The molecule has 0 aliphatic heterocycles. The molecule has 11 rings (SSSR count). The molecule has 0 unspecified atom stereocenters. The molecule has 0 saturated heterocycles. The molecule has 3 aromatic heterocycles. The number of benzene rings is 8. The van der Waals surface area contributed by atoms with E-state index in [4.69, 9.17) is 4.42 Å². The highest BCUT2D eigenvalue weighted by molar-refractivity contribution is 6.21. The molecule has 3 heteroatoms. The molecule has 0 atom stereocenters. The van der Waals surface area contributed by atoms with E-state index in [1.807, 2.05) is 12.1 Å². The number of hydrogen-bond acceptors (Lipinski definition) is 1. The minimum atomic E-state index is 0.896. The minimum absolute atomic E-state index is 0.896. The predicted molar refractivity (Wildman–Crippen MR) is 213 cm³/mol. The maximum absolute atomic E-state index is 6.29. The smallest absolute Gasteiger partial charge is 0.135 e. The number of hydrogen-bond donors (Lipinski definition) is 0. The van der Waals surface area contributed by atoms with E-state index < -0.39 is 0 Å². The molecule has 0 aliphatic carbocycles. The number of rotatable bonds is 4. The summed E-state index contributed by atoms with van der Waals surface area (Å²) in [6.45, 7) is 0. The van der Waals surface area contributed by atoms with Crippen LogP contribution in [0.3, 0.4) is 0 Å². The molecule has 3 heterocycles. The van der Waals surface area contributed by atoms with E-state index in [-0.39, 0.29) is 0 Å². The quantitative estimate of drug-likeness (QED) is 0.186. The van der Waals surface area contributed by atoms with Gasteiger partial charge in [0.25, 0.3) is 0 Å². The van der Waals surface area contributed by atoms with E-state index >= 15 is 0 Å². The van der Waals surface area contributed by atoms with Crippen molar-refractivity contribution in [2.24, 2.45) is 0 Å². The van der Waals surface area contributed by atoms with E-state index in [1.54, 1.807) is 0 Å². The van der Waals surface area contributed by atoms with Crippen LogP contribution in [0.2, 0.25) is 0 Å². The second-order valence-electron chi connectivity index (χ2n) is 13.3. The lowest BCUT2D eigenvalue weighted by molar-refractivity contribution is 0.669. The summed E-state index contributed by atoms with van der Waals surface area (Å²) in [7, 11) is 0. The summed E-state index contributed by atoms with van der Waals surface area (Å²) in [5, 5.41) is 7.17. The number of nitrogens with zero attached hydrogens (tertiary/aromatic N) is 2. The first-order valence-corrected chi connectivity index (χ1v) is 17.4. The summed E-state index contributed by atoms with van der Waals surface area (Å²) in [5.74, 6) is 0. The number of furan rings is 1. The van der Waals surface area contributed by atoms with Gasteiger partial charge in [0, 0.05) is 54.8 Å². The molecule has 238 valence electrons. The van der Waals surface area contributed by atoms with Gasteiger partial charge in [-0.05, 0) is 65.7 Å². The van der Waals surface area contributed by atoms with Crippen molar-refractivity contribution >= 4 is 65.6 Å². The van der Waals surface area contributed by atoms with Gasteiger partial charge in [-0.3, -0.25) is 0 Å².